The van der Waals surface area contributed by atoms with Crippen LogP contribution in [0.15, 0.2) is 60.7 Å². The first kappa shape index (κ1) is 33.5. The number of carbonyl (C=O) groups excluding carboxylic acids is 1. The third kappa shape index (κ3) is 10.3. The van der Waals surface area contributed by atoms with Gasteiger partial charge in [0.1, 0.15) is 0 Å². The second-order valence-corrected chi connectivity index (χ2v) is 12.8. The van der Waals surface area contributed by atoms with E-state index in [1.807, 2.05) is 12.1 Å². The van der Waals surface area contributed by atoms with Crippen LogP contribution < -0.4 is 0 Å². The Bertz CT molecular complexity index is 1010. The predicted molar refractivity (Wildman–Crippen MR) is 151 cm³/mol. The molecule has 0 radical (unpaired) electrons. The van der Waals surface area contributed by atoms with E-state index in [-0.39, 0.29) is 57.7 Å². The summed E-state index contributed by atoms with van der Waals surface area (Å²) in [4.78, 5) is 14.0. The zero-order valence-corrected chi connectivity index (χ0v) is 25.2. The highest BCUT2D eigenvalue weighted by atomic mass is 31.2. The number of ketones is 1. The van der Waals surface area contributed by atoms with Crippen LogP contribution in [0.4, 0.5) is 0 Å². The summed E-state index contributed by atoms with van der Waals surface area (Å²) >= 11 is 0. The summed E-state index contributed by atoms with van der Waals surface area (Å²) in [6, 6.07) is 17.7. The van der Waals surface area contributed by atoms with Crippen molar-refractivity contribution in [2.24, 2.45) is 0 Å². The first-order chi connectivity index (χ1) is 18.8. The highest BCUT2D eigenvalue weighted by Crippen LogP contribution is 2.49. The normalized spacial score (nSPS) is 12.5. The van der Waals surface area contributed by atoms with Crippen molar-refractivity contribution in [2.45, 2.75) is 46.3 Å². The molecule has 0 aliphatic rings. The monoisotopic (exact) mass is 584 g/mol. The molecule has 2 aromatic rings. The molecule has 0 heterocycles. The fourth-order valence-corrected chi connectivity index (χ4v) is 7.25. The highest BCUT2D eigenvalue weighted by Gasteiger charge is 2.43. The Hall–Kier alpha value is -1.67. The maximum absolute atomic E-state index is 14.0. The first-order valence-electron chi connectivity index (χ1n) is 13.5. The average Bonchev–Trinajstić information content (AvgIpc) is 2.93. The summed E-state index contributed by atoms with van der Waals surface area (Å²) in [5.41, 5.74) is 0.916. The van der Waals surface area contributed by atoms with E-state index in [9.17, 15) is 13.9 Å². The van der Waals surface area contributed by atoms with E-state index in [1.165, 1.54) is 0 Å². The van der Waals surface area contributed by atoms with Crippen molar-refractivity contribution in [2.75, 3.05) is 52.0 Å². The maximum atomic E-state index is 14.0. The van der Waals surface area contributed by atoms with Gasteiger partial charge in [-0.1, -0.05) is 60.7 Å². The van der Waals surface area contributed by atoms with Crippen LogP contribution in [0.3, 0.4) is 0 Å². The fraction of sp³-hybridized carbons (Fsp3) is 0.536. The van der Waals surface area contributed by atoms with E-state index >= 15 is 0 Å². The number of benzene rings is 2. The molecule has 0 amide bonds. The van der Waals surface area contributed by atoms with Gasteiger partial charge in [0.2, 0.25) is 5.78 Å². The van der Waals surface area contributed by atoms with Crippen LogP contribution in [0.1, 0.15) is 56.5 Å². The van der Waals surface area contributed by atoms with E-state index in [0.29, 0.717) is 24.0 Å². The number of rotatable bonds is 21. The first-order valence-corrected chi connectivity index (χ1v) is 16.9. The second-order valence-electron chi connectivity index (χ2n) is 8.42. The molecule has 0 spiro atoms. The van der Waals surface area contributed by atoms with E-state index in [0.717, 1.165) is 0 Å². The lowest BCUT2D eigenvalue weighted by atomic mass is 9.95. The Morgan fingerprint density at radius 1 is 0.641 bits per heavy atom. The van der Waals surface area contributed by atoms with Gasteiger partial charge >= 0.3 is 15.2 Å². The number of hydrogen-bond donors (Lipinski definition) is 0. The summed E-state index contributed by atoms with van der Waals surface area (Å²) < 4.78 is 59.9. The van der Waals surface area contributed by atoms with E-state index in [1.54, 1.807) is 76.2 Å². The Balaban J connectivity index is 2.31. The lowest BCUT2D eigenvalue weighted by molar-refractivity contribution is -0.209. The van der Waals surface area contributed by atoms with Crippen molar-refractivity contribution < 1.29 is 41.5 Å². The Morgan fingerprint density at radius 2 is 1.03 bits per heavy atom. The standard InChI is InChI=1S/C28H42O9P2/c1-5-34-38(30,35-6-2)23-15-21-32-28(26-19-13-10-14-20-26,27(29)25-17-11-9-12-18-25)33-22-16-24-39(31,36-7-3)37-8-4/h9-14,17-20H,5-8,15-16,21-24H2,1-4H3. The summed E-state index contributed by atoms with van der Waals surface area (Å²) in [6.45, 7) is 8.15. The lowest BCUT2D eigenvalue weighted by Gasteiger charge is -2.33. The Morgan fingerprint density at radius 3 is 1.41 bits per heavy atom. The minimum Gasteiger partial charge on any atom is -0.340 e. The van der Waals surface area contributed by atoms with Crippen LogP contribution in [0, 0.1) is 0 Å². The zero-order valence-electron chi connectivity index (χ0n) is 23.4. The van der Waals surface area contributed by atoms with E-state index < -0.39 is 21.0 Å². The van der Waals surface area contributed by atoms with Crippen molar-refractivity contribution in [3.05, 3.63) is 71.8 Å². The molecule has 2 aromatic carbocycles. The third-order valence-electron chi connectivity index (χ3n) is 5.56. The van der Waals surface area contributed by atoms with E-state index in [4.69, 9.17) is 27.6 Å². The predicted octanol–water partition coefficient (Wildman–Crippen LogP) is 7.07. The molecule has 0 saturated carbocycles. The third-order valence-corrected chi connectivity index (χ3v) is 9.89. The zero-order chi connectivity index (χ0) is 28.6. The number of hydrogen-bond acceptors (Lipinski definition) is 9. The van der Waals surface area contributed by atoms with Gasteiger partial charge in [0.05, 0.1) is 52.0 Å². The smallest absolute Gasteiger partial charge is 0.330 e. The highest BCUT2D eigenvalue weighted by molar-refractivity contribution is 7.54. The Kier molecular flexibility index (Phi) is 14.8. The van der Waals surface area contributed by atoms with E-state index in [2.05, 4.69) is 0 Å². The SMILES string of the molecule is CCOP(=O)(CCCOC(OCCCP(=O)(OCC)OCC)(C(=O)c1ccccc1)c1ccccc1)OCC. The van der Waals surface area contributed by atoms with Crippen molar-refractivity contribution >= 4 is 21.0 Å². The molecule has 9 nitrogen and oxygen atoms in total. The summed E-state index contributed by atoms with van der Waals surface area (Å²) in [6.07, 6.45) is 0.873. The molecular weight excluding hydrogens is 542 g/mol. The van der Waals surface area contributed by atoms with Crippen LogP contribution >= 0.6 is 15.2 Å². The van der Waals surface area contributed by atoms with Crippen LogP contribution in [-0.4, -0.2) is 57.7 Å². The molecule has 0 aliphatic carbocycles. The molecule has 0 N–H and O–H groups in total. The molecule has 0 unspecified atom stereocenters. The minimum absolute atomic E-state index is 0.0496. The van der Waals surface area contributed by atoms with Crippen LogP contribution in [-0.2, 0) is 42.5 Å². The second kappa shape index (κ2) is 17.2. The van der Waals surface area contributed by atoms with Gasteiger partial charge in [-0.3, -0.25) is 13.9 Å². The summed E-state index contributed by atoms with van der Waals surface area (Å²) in [5.74, 6) is -2.17. The Labute approximate surface area is 232 Å². The average molecular weight is 585 g/mol. The van der Waals surface area contributed by atoms with Crippen molar-refractivity contribution in [3.63, 3.8) is 0 Å². The molecular formula is C28H42O9P2. The van der Waals surface area contributed by atoms with Crippen LogP contribution in [0.5, 0.6) is 0 Å². The van der Waals surface area contributed by atoms with Gasteiger partial charge in [-0.25, -0.2) is 0 Å². The molecule has 0 atom stereocenters. The van der Waals surface area contributed by atoms with Gasteiger partial charge in [0.25, 0.3) is 5.79 Å². The largest absolute Gasteiger partial charge is 0.340 e. The number of carbonyl (C=O) groups is 1. The van der Waals surface area contributed by atoms with Gasteiger partial charge in [-0.15, -0.1) is 0 Å². The van der Waals surface area contributed by atoms with Crippen LogP contribution in [0.2, 0.25) is 0 Å². The van der Waals surface area contributed by atoms with Gasteiger partial charge in [-0.2, -0.15) is 0 Å². The van der Waals surface area contributed by atoms with Gasteiger partial charge < -0.3 is 27.6 Å². The fourth-order valence-electron chi connectivity index (χ4n) is 3.98. The molecule has 218 valence electrons. The van der Waals surface area contributed by atoms with Crippen molar-refractivity contribution in [1.82, 2.24) is 0 Å². The van der Waals surface area contributed by atoms with Crippen molar-refractivity contribution in [1.29, 1.82) is 0 Å². The molecule has 0 aromatic heterocycles. The molecule has 39 heavy (non-hydrogen) atoms. The molecule has 11 heteroatoms. The quantitative estimate of drug-likeness (QED) is 0.0659. The molecule has 0 saturated heterocycles. The maximum Gasteiger partial charge on any atom is 0.330 e. The molecule has 0 aliphatic heterocycles. The van der Waals surface area contributed by atoms with Gasteiger partial charge in [-0.05, 0) is 40.5 Å². The lowest BCUT2D eigenvalue weighted by Crippen LogP contribution is -2.42. The minimum atomic E-state index is -3.28. The molecule has 0 fully saturated rings. The van der Waals surface area contributed by atoms with Crippen LogP contribution in [0.25, 0.3) is 0 Å². The summed E-state index contributed by atoms with van der Waals surface area (Å²) in [5, 5.41) is 0. The van der Waals surface area contributed by atoms with Crippen molar-refractivity contribution in [3.8, 4) is 0 Å². The number of Topliss-reactive ketones (excluding diaryl/α,β-unsaturated/α-hetero) is 1. The topological polar surface area (TPSA) is 107 Å². The van der Waals surface area contributed by atoms with Gasteiger partial charge in [0.15, 0.2) is 0 Å². The molecule has 2 rings (SSSR count). The molecule has 0 bridgehead atoms. The number of ether oxygens (including phenoxy) is 2. The van der Waals surface area contributed by atoms with Gasteiger partial charge in [0, 0.05) is 11.1 Å². The summed E-state index contributed by atoms with van der Waals surface area (Å²) in [7, 11) is -6.56.